The van der Waals surface area contributed by atoms with Crippen LogP contribution in [-0.2, 0) is 11.3 Å². The van der Waals surface area contributed by atoms with Crippen LogP contribution in [0, 0.1) is 5.82 Å². The standard InChI is InChI=1S/C25H24FN5O/c26-22-13-17(1-3-20(22)16-31-9-11-32-12-10-31)2-6-23-21-5-4-18(14-24(21)30-29-23)19-7-8-28-25(27)15-19/h1-8,13-15H,9-12,16H2,(H2,27,28)(H,29,30)/b6-2+. The van der Waals surface area contributed by atoms with Gasteiger partial charge in [-0.1, -0.05) is 24.3 Å². The number of pyridine rings is 1. The normalized spacial score (nSPS) is 15.0. The van der Waals surface area contributed by atoms with E-state index in [1.54, 1.807) is 12.3 Å². The highest BCUT2D eigenvalue weighted by molar-refractivity contribution is 5.92. The third kappa shape index (κ3) is 4.39. The van der Waals surface area contributed by atoms with E-state index in [4.69, 9.17) is 10.5 Å². The van der Waals surface area contributed by atoms with Crippen molar-refractivity contribution >= 4 is 28.9 Å². The lowest BCUT2D eigenvalue weighted by molar-refractivity contribution is 0.0337. The number of H-pyrrole nitrogens is 1. The van der Waals surface area contributed by atoms with E-state index in [2.05, 4.69) is 20.1 Å². The fourth-order valence-electron chi connectivity index (χ4n) is 3.95. The van der Waals surface area contributed by atoms with Gasteiger partial charge in [-0.05, 0) is 53.1 Å². The number of rotatable bonds is 5. The van der Waals surface area contributed by atoms with E-state index in [0.717, 1.165) is 46.4 Å². The van der Waals surface area contributed by atoms with E-state index < -0.39 is 0 Å². The van der Waals surface area contributed by atoms with Gasteiger partial charge in [-0.3, -0.25) is 10.00 Å². The fourth-order valence-corrected chi connectivity index (χ4v) is 3.95. The van der Waals surface area contributed by atoms with Crippen LogP contribution in [0.1, 0.15) is 16.8 Å². The minimum atomic E-state index is -0.188. The van der Waals surface area contributed by atoms with Gasteiger partial charge in [0.25, 0.3) is 0 Å². The molecule has 0 bridgehead atoms. The molecule has 162 valence electrons. The van der Waals surface area contributed by atoms with Gasteiger partial charge in [-0.25, -0.2) is 9.37 Å². The van der Waals surface area contributed by atoms with Crippen LogP contribution in [-0.4, -0.2) is 46.4 Å². The van der Waals surface area contributed by atoms with E-state index in [0.29, 0.717) is 31.1 Å². The number of anilines is 1. The molecule has 0 unspecified atom stereocenters. The van der Waals surface area contributed by atoms with Crippen molar-refractivity contribution in [3.63, 3.8) is 0 Å². The number of halogens is 1. The first-order valence-corrected chi connectivity index (χ1v) is 10.6. The van der Waals surface area contributed by atoms with Gasteiger partial charge >= 0.3 is 0 Å². The van der Waals surface area contributed by atoms with Crippen molar-refractivity contribution in [3.05, 3.63) is 77.4 Å². The van der Waals surface area contributed by atoms with E-state index in [1.807, 2.05) is 54.6 Å². The van der Waals surface area contributed by atoms with Crippen LogP contribution in [0.3, 0.4) is 0 Å². The number of ether oxygens (including phenoxy) is 1. The van der Waals surface area contributed by atoms with Crippen LogP contribution in [0.5, 0.6) is 0 Å². The second-order valence-electron chi connectivity index (χ2n) is 7.91. The molecule has 6 nitrogen and oxygen atoms in total. The molecule has 0 aliphatic carbocycles. The Labute approximate surface area is 185 Å². The number of benzene rings is 2. The SMILES string of the molecule is Nc1cc(-c2ccc3c(/C=C/c4ccc(CN5CCOCC5)c(F)c4)n[nH]c3c2)ccn1. The third-order valence-corrected chi connectivity index (χ3v) is 5.72. The zero-order valence-corrected chi connectivity index (χ0v) is 17.6. The highest BCUT2D eigenvalue weighted by atomic mass is 19.1. The largest absolute Gasteiger partial charge is 0.384 e. The summed E-state index contributed by atoms with van der Waals surface area (Å²) in [5.41, 5.74) is 11.1. The Balaban J connectivity index is 1.33. The quantitative estimate of drug-likeness (QED) is 0.493. The molecule has 3 N–H and O–H groups in total. The molecule has 0 spiro atoms. The first kappa shape index (κ1) is 20.4. The van der Waals surface area contributed by atoms with Gasteiger partial charge in [0, 0.05) is 36.8 Å². The average Bonchev–Trinajstić information content (AvgIpc) is 3.22. The Morgan fingerprint density at radius 1 is 1.03 bits per heavy atom. The number of fused-ring (bicyclic) bond motifs is 1. The summed E-state index contributed by atoms with van der Waals surface area (Å²) in [6.45, 7) is 3.69. The molecule has 1 aliphatic heterocycles. The lowest BCUT2D eigenvalue weighted by Gasteiger charge is -2.26. The second-order valence-corrected chi connectivity index (χ2v) is 7.91. The Morgan fingerprint density at radius 2 is 1.88 bits per heavy atom. The first-order chi connectivity index (χ1) is 15.7. The number of morpholine rings is 1. The van der Waals surface area contributed by atoms with Crippen molar-refractivity contribution in [1.82, 2.24) is 20.1 Å². The number of nitrogen functional groups attached to an aromatic ring is 1. The molecule has 5 rings (SSSR count). The topological polar surface area (TPSA) is 80.1 Å². The van der Waals surface area contributed by atoms with Crippen molar-refractivity contribution in [2.24, 2.45) is 0 Å². The number of nitrogens with one attached hydrogen (secondary N) is 1. The Hall–Kier alpha value is -3.55. The number of hydrogen-bond donors (Lipinski definition) is 2. The van der Waals surface area contributed by atoms with Crippen LogP contribution in [0.25, 0.3) is 34.2 Å². The number of nitrogens with two attached hydrogens (primary N) is 1. The summed E-state index contributed by atoms with van der Waals surface area (Å²) >= 11 is 0. The number of nitrogens with zero attached hydrogens (tertiary/aromatic N) is 3. The Kier molecular flexibility index (Phi) is 5.66. The molecule has 32 heavy (non-hydrogen) atoms. The number of aromatic nitrogens is 3. The molecule has 3 heterocycles. The fraction of sp³-hybridized carbons (Fsp3) is 0.200. The van der Waals surface area contributed by atoms with Crippen molar-refractivity contribution in [2.75, 3.05) is 32.0 Å². The lowest BCUT2D eigenvalue weighted by Crippen LogP contribution is -2.35. The molecule has 7 heteroatoms. The van der Waals surface area contributed by atoms with Gasteiger partial charge in [-0.2, -0.15) is 5.10 Å². The van der Waals surface area contributed by atoms with Gasteiger partial charge in [0.2, 0.25) is 0 Å². The van der Waals surface area contributed by atoms with Crippen LogP contribution in [0.15, 0.2) is 54.7 Å². The molecule has 0 saturated carbocycles. The van der Waals surface area contributed by atoms with Crippen LogP contribution >= 0.6 is 0 Å². The molecule has 2 aromatic heterocycles. The monoisotopic (exact) mass is 429 g/mol. The van der Waals surface area contributed by atoms with Gasteiger partial charge < -0.3 is 10.5 Å². The van der Waals surface area contributed by atoms with E-state index in [-0.39, 0.29) is 5.82 Å². The van der Waals surface area contributed by atoms with Crippen molar-refractivity contribution in [3.8, 4) is 11.1 Å². The second kappa shape index (κ2) is 8.90. The maximum atomic E-state index is 14.6. The van der Waals surface area contributed by atoms with Gasteiger partial charge in [0.15, 0.2) is 0 Å². The van der Waals surface area contributed by atoms with Crippen LogP contribution < -0.4 is 5.73 Å². The van der Waals surface area contributed by atoms with E-state index >= 15 is 0 Å². The van der Waals surface area contributed by atoms with Crippen molar-refractivity contribution in [2.45, 2.75) is 6.54 Å². The minimum Gasteiger partial charge on any atom is -0.384 e. The zero-order valence-electron chi connectivity index (χ0n) is 17.6. The lowest BCUT2D eigenvalue weighted by atomic mass is 10.0. The molecule has 1 saturated heterocycles. The summed E-state index contributed by atoms with van der Waals surface area (Å²) in [7, 11) is 0. The van der Waals surface area contributed by atoms with Crippen LogP contribution in [0.2, 0.25) is 0 Å². The third-order valence-electron chi connectivity index (χ3n) is 5.72. The van der Waals surface area contributed by atoms with E-state index in [9.17, 15) is 4.39 Å². The number of hydrogen-bond acceptors (Lipinski definition) is 5. The summed E-state index contributed by atoms with van der Waals surface area (Å²) in [4.78, 5) is 6.25. The Morgan fingerprint density at radius 3 is 2.69 bits per heavy atom. The van der Waals surface area contributed by atoms with Gasteiger partial charge in [0.1, 0.15) is 11.6 Å². The minimum absolute atomic E-state index is 0.188. The molecule has 1 fully saturated rings. The Bertz CT molecular complexity index is 1280. The summed E-state index contributed by atoms with van der Waals surface area (Å²) in [6.07, 6.45) is 5.48. The van der Waals surface area contributed by atoms with Crippen molar-refractivity contribution < 1.29 is 9.13 Å². The summed E-state index contributed by atoms with van der Waals surface area (Å²) in [5.74, 6) is 0.297. The molecule has 4 aromatic rings. The molecule has 2 aromatic carbocycles. The van der Waals surface area contributed by atoms with Crippen LogP contribution in [0.4, 0.5) is 10.2 Å². The molecular weight excluding hydrogens is 405 g/mol. The van der Waals surface area contributed by atoms with Gasteiger partial charge in [-0.15, -0.1) is 0 Å². The van der Waals surface area contributed by atoms with Gasteiger partial charge in [0.05, 0.1) is 24.4 Å². The molecule has 0 radical (unpaired) electrons. The summed E-state index contributed by atoms with van der Waals surface area (Å²) in [5, 5.41) is 8.49. The highest BCUT2D eigenvalue weighted by Crippen LogP contribution is 2.26. The predicted molar refractivity (Wildman–Crippen MR) is 125 cm³/mol. The summed E-state index contributed by atoms with van der Waals surface area (Å²) < 4.78 is 20.0. The molecule has 1 aliphatic rings. The van der Waals surface area contributed by atoms with Crippen molar-refractivity contribution in [1.29, 1.82) is 0 Å². The highest BCUT2D eigenvalue weighted by Gasteiger charge is 2.13. The number of aromatic amines is 1. The summed E-state index contributed by atoms with van der Waals surface area (Å²) in [6, 6.07) is 15.2. The maximum absolute atomic E-state index is 14.6. The maximum Gasteiger partial charge on any atom is 0.128 e. The molecular formula is C25H24FN5O. The van der Waals surface area contributed by atoms with E-state index in [1.165, 1.54) is 0 Å². The average molecular weight is 429 g/mol. The molecule has 0 amide bonds. The smallest absolute Gasteiger partial charge is 0.128 e. The first-order valence-electron chi connectivity index (χ1n) is 10.6. The predicted octanol–water partition coefficient (Wildman–Crippen LogP) is 4.35. The zero-order chi connectivity index (χ0) is 21.9. The molecule has 0 atom stereocenters.